The van der Waals surface area contributed by atoms with Crippen LogP contribution in [0.3, 0.4) is 0 Å². The predicted molar refractivity (Wildman–Crippen MR) is 63.3 cm³/mol. The first-order valence-corrected chi connectivity index (χ1v) is 6.16. The Bertz CT molecular complexity index is 280. The minimum absolute atomic E-state index is 0.548. The van der Waals surface area contributed by atoms with E-state index in [1.807, 2.05) is 23.1 Å². The van der Waals surface area contributed by atoms with Gasteiger partial charge in [-0.2, -0.15) is 5.10 Å². The van der Waals surface area contributed by atoms with Gasteiger partial charge >= 0.3 is 0 Å². The molecule has 1 N–H and O–H groups in total. The summed E-state index contributed by atoms with van der Waals surface area (Å²) in [5, 5.41) is 7.86. The lowest BCUT2D eigenvalue weighted by molar-refractivity contribution is 0.0750. The number of nitrogens with zero attached hydrogens (tertiary/aromatic N) is 2. The van der Waals surface area contributed by atoms with E-state index in [1.165, 1.54) is 0 Å². The molecule has 0 aliphatic carbocycles. The molecular formula is C12H21N3O. The molecule has 1 saturated heterocycles. The number of ether oxygens (including phenoxy) is 1. The maximum Gasteiger partial charge on any atom is 0.0489 e. The minimum Gasteiger partial charge on any atom is -0.381 e. The van der Waals surface area contributed by atoms with Crippen LogP contribution < -0.4 is 5.32 Å². The summed E-state index contributed by atoms with van der Waals surface area (Å²) in [6, 6.07) is 3.16. The van der Waals surface area contributed by atoms with Crippen molar-refractivity contribution in [3.8, 4) is 0 Å². The molecule has 0 spiro atoms. The van der Waals surface area contributed by atoms with Crippen LogP contribution in [0, 0.1) is 0 Å². The van der Waals surface area contributed by atoms with Gasteiger partial charge < -0.3 is 10.1 Å². The van der Waals surface area contributed by atoms with E-state index < -0.39 is 0 Å². The third kappa shape index (κ3) is 3.61. The maximum absolute atomic E-state index is 5.35. The van der Waals surface area contributed by atoms with Crippen LogP contribution in [0.25, 0.3) is 0 Å². The third-order valence-corrected chi connectivity index (χ3v) is 3.09. The van der Waals surface area contributed by atoms with E-state index in [0.717, 1.165) is 39.0 Å². The lowest BCUT2D eigenvalue weighted by Crippen LogP contribution is -2.40. The zero-order valence-electron chi connectivity index (χ0n) is 9.93. The van der Waals surface area contributed by atoms with Crippen LogP contribution in [0.1, 0.15) is 26.2 Å². The second kappa shape index (κ2) is 6.01. The molecule has 0 bridgehead atoms. The van der Waals surface area contributed by atoms with E-state index in [0.29, 0.717) is 12.1 Å². The minimum atomic E-state index is 0.548. The largest absolute Gasteiger partial charge is 0.381 e. The standard InChI is InChI=1S/C12H21N3O/c1-11(3-8-15-7-2-6-13-15)14-12-4-9-16-10-5-12/h2,6-7,11-12,14H,3-5,8-10H2,1H3/t11-/m0/s1. The number of aryl methyl sites for hydroxylation is 1. The normalized spacial score (nSPS) is 19.8. The van der Waals surface area contributed by atoms with Crippen molar-refractivity contribution in [1.82, 2.24) is 15.1 Å². The van der Waals surface area contributed by atoms with Gasteiger partial charge in [0.1, 0.15) is 0 Å². The molecule has 1 fully saturated rings. The fourth-order valence-corrected chi connectivity index (χ4v) is 2.11. The predicted octanol–water partition coefficient (Wildman–Crippen LogP) is 1.43. The Balaban J connectivity index is 1.65. The van der Waals surface area contributed by atoms with Gasteiger partial charge in [0.25, 0.3) is 0 Å². The van der Waals surface area contributed by atoms with Crippen molar-refractivity contribution in [3.63, 3.8) is 0 Å². The van der Waals surface area contributed by atoms with Gasteiger partial charge in [-0.3, -0.25) is 4.68 Å². The summed E-state index contributed by atoms with van der Waals surface area (Å²) < 4.78 is 7.33. The Morgan fingerprint density at radius 1 is 1.50 bits per heavy atom. The molecule has 4 heteroatoms. The van der Waals surface area contributed by atoms with E-state index in [9.17, 15) is 0 Å². The summed E-state index contributed by atoms with van der Waals surface area (Å²) in [6.07, 6.45) is 7.26. The van der Waals surface area contributed by atoms with Crippen LogP contribution in [0.4, 0.5) is 0 Å². The summed E-state index contributed by atoms with van der Waals surface area (Å²) >= 11 is 0. The Morgan fingerprint density at radius 3 is 3.00 bits per heavy atom. The molecule has 2 heterocycles. The average molecular weight is 223 g/mol. The topological polar surface area (TPSA) is 39.1 Å². The number of hydrogen-bond acceptors (Lipinski definition) is 3. The fourth-order valence-electron chi connectivity index (χ4n) is 2.11. The Labute approximate surface area is 97.0 Å². The van der Waals surface area contributed by atoms with Crippen molar-refractivity contribution >= 4 is 0 Å². The fraction of sp³-hybridized carbons (Fsp3) is 0.750. The third-order valence-electron chi connectivity index (χ3n) is 3.09. The summed E-state index contributed by atoms with van der Waals surface area (Å²) in [6.45, 7) is 5.05. The average Bonchev–Trinajstić information content (AvgIpc) is 2.81. The zero-order valence-corrected chi connectivity index (χ0v) is 9.93. The van der Waals surface area contributed by atoms with Crippen molar-refractivity contribution in [1.29, 1.82) is 0 Å². The van der Waals surface area contributed by atoms with Crippen molar-refractivity contribution in [2.75, 3.05) is 13.2 Å². The molecule has 1 aliphatic heterocycles. The zero-order chi connectivity index (χ0) is 11.2. The van der Waals surface area contributed by atoms with Gasteiger partial charge in [-0.1, -0.05) is 0 Å². The summed E-state index contributed by atoms with van der Waals surface area (Å²) in [4.78, 5) is 0. The Kier molecular flexibility index (Phi) is 4.36. The second-order valence-corrected chi connectivity index (χ2v) is 4.51. The van der Waals surface area contributed by atoms with Gasteiger partial charge in [-0.25, -0.2) is 0 Å². The van der Waals surface area contributed by atoms with Crippen molar-refractivity contribution in [2.45, 2.75) is 44.8 Å². The van der Waals surface area contributed by atoms with Crippen LogP contribution in [0.15, 0.2) is 18.5 Å². The van der Waals surface area contributed by atoms with Crippen LogP contribution >= 0.6 is 0 Å². The van der Waals surface area contributed by atoms with E-state index >= 15 is 0 Å². The molecule has 0 aromatic carbocycles. The molecule has 1 atom stereocenters. The monoisotopic (exact) mass is 223 g/mol. The van der Waals surface area contributed by atoms with Crippen molar-refractivity contribution < 1.29 is 4.74 Å². The van der Waals surface area contributed by atoms with Crippen molar-refractivity contribution in [2.24, 2.45) is 0 Å². The highest BCUT2D eigenvalue weighted by atomic mass is 16.5. The number of hydrogen-bond donors (Lipinski definition) is 1. The molecule has 16 heavy (non-hydrogen) atoms. The smallest absolute Gasteiger partial charge is 0.0489 e. The number of rotatable bonds is 5. The molecule has 90 valence electrons. The van der Waals surface area contributed by atoms with Crippen LogP contribution in [0.5, 0.6) is 0 Å². The van der Waals surface area contributed by atoms with Gasteiger partial charge in [-0.05, 0) is 32.3 Å². The van der Waals surface area contributed by atoms with Crippen molar-refractivity contribution in [3.05, 3.63) is 18.5 Å². The molecule has 0 saturated carbocycles. The first-order chi connectivity index (χ1) is 7.84. The van der Waals surface area contributed by atoms with E-state index in [4.69, 9.17) is 4.74 Å². The summed E-state index contributed by atoms with van der Waals surface area (Å²) in [5.41, 5.74) is 0. The molecular weight excluding hydrogens is 202 g/mol. The molecule has 0 unspecified atom stereocenters. The highest BCUT2D eigenvalue weighted by Gasteiger charge is 2.15. The molecule has 0 amide bonds. The van der Waals surface area contributed by atoms with E-state index in [-0.39, 0.29) is 0 Å². The van der Waals surface area contributed by atoms with Gasteiger partial charge in [0.2, 0.25) is 0 Å². The molecule has 0 radical (unpaired) electrons. The molecule has 2 rings (SSSR count). The second-order valence-electron chi connectivity index (χ2n) is 4.51. The van der Waals surface area contributed by atoms with Crippen LogP contribution in [-0.4, -0.2) is 35.1 Å². The van der Waals surface area contributed by atoms with E-state index in [2.05, 4.69) is 17.3 Å². The quantitative estimate of drug-likeness (QED) is 0.820. The molecule has 4 nitrogen and oxygen atoms in total. The van der Waals surface area contributed by atoms with Gasteiger partial charge in [0.15, 0.2) is 0 Å². The first kappa shape index (κ1) is 11.6. The summed E-state index contributed by atoms with van der Waals surface area (Å²) in [7, 11) is 0. The van der Waals surface area contributed by atoms with Gasteiger partial charge in [0.05, 0.1) is 0 Å². The molecule has 1 aliphatic rings. The lowest BCUT2D eigenvalue weighted by atomic mass is 10.1. The van der Waals surface area contributed by atoms with E-state index in [1.54, 1.807) is 0 Å². The molecule has 1 aromatic heterocycles. The first-order valence-electron chi connectivity index (χ1n) is 6.16. The maximum atomic E-state index is 5.35. The Hall–Kier alpha value is -0.870. The molecule has 1 aromatic rings. The van der Waals surface area contributed by atoms with Crippen LogP contribution in [0.2, 0.25) is 0 Å². The van der Waals surface area contributed by atoms with Crippen LogP contribution in [-0.2, 0) is 11.3 Å². The summed E-state index contributed by atoms with van der Waals surface area (Å²) in [5.74, 6) is 0. The van der Waals surface area contributed by atoms with Gasteiger partial charge in [0, 0.05) is 44.2 Å². The van der Waals surface area contributed by atoms with Gasteiger partial charge in [-0.15, -0.1) is 0 Å². The lowest BCUT2D eigenvalue weighted by Gasteiger charge is -2.26. The highest BCUT2D eigenvalue weighted by Crippen LogP contribution is 2.08. The number of aromatic nitrogens is 2. The number of nitrogens with one attached hydrogen (secondary N) is 1. The SMILES string of the molecule is C[C@@H](CCn1cccn1)NC1CCOCC1. The Morgan fingerprint density at radius 2 is 2.31 bits per heavy atom. The highest BCUT2D eigenvalue weighted by molar-refractivity contribution is 4.79.